The summed E-state index contributed by atoms with van der Waals surface area (Å²) in [7, 11) is 0. The molecule has 2 aromatic heterocycles. The first kappa shape index (κ1) is 12.5. The summed E-state index contributed by atoms with van der Waals surface area (Å²) in [5.41, 5.74) is 4.54. The molecular weight excluding hydrogens is 258 g/mol. The fourth-order valence-electron chi connectivity index (χ4n) is 3.07. The molecule has 3 heteroatoms. The molecule has 1 fully saturated rings. The van der Waals surface area contributed by atoms with Crippen molar-refractivity contribution in [3.05, 3.63) is 54.9 Å². The minimum Gasteiger partial charge on any atom is -0.372 e. The molecule has 0 radical (unpaired) electrons. The second-order valence-corrected chi connectivity index (χ2v) is 5.69. The first-order valence-electron chi connectivity index (χ1n) is 7.69. The summed E-state index contributed by atoms with van der Waals surface area (Å²) in [5.74, 6) is 0. The zero-order chi connectivity index (χ0) is 14.1. The maximum atomic E-state index is 4.67. The van der Waals surface area contributed by atoms with E-state index in [-0.39, 0.29) is 0 Å². The Labute approximate surface area is 124 Å². The van der Waals surface area contributed by atoms with Crippen molar-refractivity contribution in [3.8, 4) is 11.3 Å². The lowest BCUT2D eigenvalue weighted by Gasteiger charge is -2.28. The van der Waals surface area contributed by atoms with Gasteiger partial charge in [-0.1, -0.05) is 18.2 Å². The Hall–Kier alpha value is -2.29. The van der Waals surface area contributed by atoms with Crippen LogP contribution < -0.4 is 4.90 Å². The van der Waals surface area contributed by atoms with Crippen LogP contribution >= 0.6 is 0 Å². The van der Waals surface area contributed by atoms with Crippen LogP contribution in [0.15, 0.2) is 54.9 Å². The van der Waals surface area contributed by atoms with Crippen LogP contribution in [0.5, 0.6) is 0 Å². The van der Waals surface area contributed by atoms with E-state index in [1.54, 1.807) is 0 Å². The summed E-state index contributed by atoms with van der Waals surface area (Å²) in [6, 6.07) is 14.9. The lowest BCUT2D eigenvalue weighted by atomic mass is 10.1. The molecule has 1 aliphatic heterocycles. The largest absolute Gasteiger partial charge is 0.372 e. The topological polar surface area (TPSA) is 20.5 Å². The Morgan fingerprint density at radius 1 is 0.857 bits per heavy atom. The normalized spacial score (nSPS) is 15.5. The van der Waals surface area contributed by atoms with Crippen LogP contribution in [0, 0.1) is 0 Å². The average molecular weight is 277 g/mol. The number of piperidine rings is 1. The van der Waals surface area contributed by atoms with Crippen molar-refractivity contribution in [3.63, 3.8) is 0 Å². The van der Waals surface area contributed by atoms with Gasteiger partial charge in [-0.15, -0.1) is 0 Å². The SMILES string of the molecule is c1ccn2cc(-c3ccc(N4CCCCC4)cc3)nc2c1. The van der Waals surface area contributed by atoms with Gasteiger partial charge in [0.1, 0.15) is 5.65 Å². The number of anilines is 1. The van der Waals surface area contributed by atoms with Gasteiger partial charge in [-0.05, 0) is 43.5 Å². The Morgan fingerprint density at radius 3 is 2.43 bits per heavy atom. The maximum Gasteiger partial charge on any atom is 0.137 e. The minimum absolute atomic E-state index is 0.993. The van der Waals surface area contributed by atoms with Crippen LogP contribution in [-0.4, -0.2) is 22.5 Å². The lowest BCUT2D eigenvalue weighted by molar-refractivity contribution is 0.578. The first-order chi connectivity index (χ1) is 10.4. The van der Waals surface area contributed by atoms with Gasteiger partial charge in [0.2, 0.25) is 0 Å². The van der Waals surface area contributed by atoms with Gasteiger partial charge in [0.15, 0.2) is 0 Å². The highest BCUT2D eigenvalue weighted by Crippen LogP contribution is 2.24. The summed E-state index contributed by atoms with van der Waals surface area (Å²) < 4.78 is 2.06. The van der Waals surface area contributed by atoms with Crippen molar-refractivity contribution >= 4 is 11.3 Å². The van der Waals surface area contributed by atoms with E-state index >= 15 is 0 Å². The third-order valence-corrected chi connectivity index (χ3v) is 4.25. The zero-order valence-corrected chi connectivity index (χ0v) is 12.1. The van der Waals surface area contributed by atoms with E-state index in [9.17, 15) is 0 Å². The number of imidazole rings is 1. The van der Waals surface area contributed by atoms with Gasteiger partial charge < -0.3 is 9.30 Å². The molecule has 4 rings (SSSR count). The third-order valence-electron chi connectivity index (χ3n) is 4.25. The monoisotopic (exact) mass is 277 g/mol. The van der Waals surface area contributed by atoms with E-state index < -0.39 is 0 Å². The molecular formula is C18H19N3. The van der Waals surface area contributed by atoms with E-state index in [0.29, 0.717) is 0 Å². The van der Waals surface area contributed by atoms with Gasteiger partial charge in [0.25, 0.3) is 0 Å². The number of fused-ring (bicyclic) bond motifs is 1. The average Bonchev–Trinajstić information content (AvgIpc) is 3.00. The maximum absolute atomic E-state index is 4.67. The predicted octanol–water partition coefficient (Wildman–Crippen LogP) is 3.99. The Morgan fingerprint density at radius 2 is 1.67 bits per heavy atom. The fraction of sp³-hybridized carbons (Fsp3) is 0.278. The molecule has 0 aliphatic carbocycles. The smallest absolute Gasteiger partial charge is 0.137 e. The Kier molecular flexibility index (Phi) is 3.11. The van der Waals surface area contributed by atoms with Crippen LogP contribution in [0.4, 0.5) is 5.69 Å². The number of benzene rings is 1. The number of hydrogen-bond acceptors (Lipinski definition) is 2. The van der Waals surface area contributed by atoms with Crippen LogP contribution in [0.25, 0.3) is 16.9 Å². The number of nitrogens with zero attached hydrogens (tertiary/aromatic N) is 3. The molecule has 0 bridgehead atoms. The highest BCUT2D eigenvalue weighted by Gasteiger charge is 2.11. The number of rotatable bonds is 2. The van der Waals surface area contributed by atoms with Crippen LogP contribution in [0.1, 0.15) is 19.3 Å². The summed E-state index contributed by atoms with van der Waals surface area (Å²) in [5, 5.41) is 0. The molecule has 21 heavy (non-hydrogen) atoms. The summed E-state index contributed by atoms with van der Waals surface area (Å²) in [4.78, 5) is 7.16. The second-order valence-electron chi connectivity index (χ2n) is 5.69. The molecule has 3 aromatic rings. The standard InChI is InChI=1S/C18H19N3/c1-3-11-20(12-4-1)16-9-7-15(8-10-16)17-14-21-13-5-2-6-18(21)19-17/h2,5-10,13-14H,1,3-4,11-12H2. The van der Waals surface area contributed by atoms with E-state index in [2.05, 4.69) is 44.7 Å². The molecule has 0 unspecified atom stereocenters. The minimum atomic E-state index is 0.993. The van der Waals surface area contributed by atoms with Crippen molar-refractivity contribution < 1.29 is 0 Å². The van der Waals surface area contributed by atoms with Gasteiger partial charge in [-0.2, -0.15) is 0 Å². The van der Waals surface area contributed by atoms with Gasteiger partial charge in [0.05, 0.1) is 5.69 Å². The molecule has 0 N–H and O–H groups in total. The molecule has 1 aromatic carbocycles. The van der Waals surface area contributed by atoms with Crippen LogP contribution in [0.3, 0.4) is 0 Å². The molecule has 3 heterocycles. The number of aromatic nitrogens is 2. The van der Waals surface area contributed by atoms with Crippen molar-refractivity contribution in [2.24, 2.45) is 0 Å². The molecule has 0 saturated carbocycles. The Balaban J connectivity index is 1.63. The van der Waals surface area contributed by atoms with E-state index in [4.69, 9.17) is 0 Å². The van der Waals surface area contributed by atoms with Crippen molar-refractivity contribution in [1.29, 1.82) is 0 Å². The quantitative estimate of drug-likeness (QED) is 0.706. The Bertz CT molecular complexity index is 704. The van der Waals surface area contributed by atoms with Gasteiger partial charge in [-0.3, -0.25) is 0 Å². The van der Waals surface area contributed by atoms with Crippen molar-refractivity contribution in [2.45, 2.75) is 19.3 Å². The summed E-state index contributed by atoms with van der Waals surface area (Å²) in [6.07, 6.45) is 8.12. The first-order valence-corrected chi connectivity index (χ1v) is 7.69. The number of pyridine rings is 1. The molecule has 0 atom stereocenters. The van der Waals surface area contributed by atoms with E-state index in [0.717, 1.165) is 11.3 Å². The molecule has 1 saturated heterocycles. The zero-order valence-electron chi connectivity index (χ0n) is 12.1. The van der Waals surface area contributed by atoms with Crippen LogP contribution in [0.2, 0.25) is 0 Å². The van der Waals surface area contributed by atoms with Gasteiger partial charge in [0, 0.05) is 36.7 Å². The van der Waals surface area contributed by atoms with Gasteiger partial charge >= 0.3 is 0 Å². The summed E-state index contributed by atoms with van der Waals surface area (Å²) >= 11 is 0. The lowest BCUT2D eigenvalue weighted by Crippen LogP contribution is -2.29. The van der Waals surface area contributed by atoms with E-state index in [1.165, 1.54) is 43.6 Å². The van der Waals surface area contributed by atoms with E-state index in [1.807, 2.05) is 24.4 Å². The fourth-order valence-corrected chi connectivity index (χ4v) is 3.07. The highest BCUT2D eigenvalue weighted by molar-refractivity contribution is 5.65. The van der Waals surface area contributed by atoms with Crippen molar-refractivity contribution in [1.82, 2.24) is 9.38 Å². The molecule has 1 aliphatic rings. The second kappa shape index (κ2) is 5.24. The highest BCUT2D eigenvalue weighted by atomic mass is 15.1. The van der Waals surface area contributed by atoms with Crippen LogP contribution in [-0.2, 0) is 0 Å². The molecule has 0 spiro atoms. The number of hydrogen-bond donors (Lipinski definition) is 0. The van der Waals surface area contributed by atoms with Crippen molar-refractivity contribution in [2.75, 3.05) is 18.0 Å². The van der Waals surface area contributed by atoms with Gasteiger partial charge in [-0.25, -0.2) is 4.98 Å². The predicted molar refractivity (Wildman–Crippen MR) is 86.7 cm³/mol. The molecule has 106 valence electrons. The third kappa shape index (κ3) is 2.40. The molecule has 3 nitrogen and oxygen atoms in total. The summed E-state index contributed by atoms with van der Waals surface area (Å²) in [6.45, 7) is 2.38. The molecule has 0 amide bonds.